The third-order valence-corrected chi connectivity index (χ3v) is 3.76. The minimum atomic E-state index is 0.313. The highest BCUT2D eigenvalue weighted by atomic mass is 16.1. The molecule has 0 N–H and O–H groups in total. The van der Waals surface area contributed by atoms with Crippen molar-refractivity contribution in [1.29, 1.82) is 0 Å². The lowest BCUT2D eigenvalue weighted by Crippen LogP contribution is -2.15. The van der Waals surface area contributed by atoms with Crippen LogP contribution in [0.2, 0.25) is 0 Å². The molecule has 2 aromatic rings. The second-order valence-corrected chi connectivity index (χ2v) is 5.30. The predicted molar refractivity (Wildman–Crippen MR) is 76.2 cm³/mol. The molecular formula is C16H17N3O. The van der Waals surface area contributed by atoms with Crippen LogP contribution in [-0.4, -0.2) is 20.7 Å². The summed E-state index contributed by atoms with van der Waals surface area (Å²) in [6.45, 7) is 1.99. The number of aromatic nitrogens is 3. The molecule has 4 heteroatoms. The predicted octanol–water partition coefficient (Wildman–Crippen LogP) is 3.07. The van der Waals surface area contributed by atoms with E-state index in [4.69, 9.17) is 4.98 Å². The Bertz CT molecular complexity index is 615. The van der Waals surface area contributed by atoms with Crippen LogP contribution in [0.4, 0.5) is 0 Å². The van der Waals surface area contributed by atoms with Gasteiger partial charge in [-0.05, 0) is 38.0 Å². The highest BCUT2D eigenvalue weighted by molar-refractivity contribution is 5.79. The molecule has 2 aromatic heterocycles. The van der Waals surface area contributed by atoms with E-state index in [1.165, 1.54) is 0 Å². The van der Waals surface area contributed by atoms with Crippen LogP contribution in [0.3, 0.4) is 0 Å². The maximum atomic E-state index is 11.3. The van der Waals surface area contributed by atoms with Crippen molar-refractivity contribution >= 4 is 5.78 Å². The van der Waals surface area contributed by atoms with Gasteiger partial charge in [0.05, 0.1) is 5.69 Å². The van der Waals surface area contributed by atoms with Crippen molar-refractivity contribution in [3.63, 3.8) is 0 Å². The number of ketones is 1. The highest BCUT2D eigenvalue weighted by Crippen LogP contribution is 2.30. The second-order valence-electron chi connectivity index (χ2n) is 5.30. The van der Waals surface area contributed by atoms with Crippen LogP contribution in [0, 0.1) is 6.92 Å². The van der Waals surface area contributed by atoms with Gasteiger partial charge in [0.15, 0.2) is 0 Å². The van der Waals surface area contributed by atoms with Crippen molar-refractivity contribution in [3.8, 4) is 11.3 Å². The monoisotopic (exact) mass is 267 g/mol. The van der Waals surface area contributed by atoms with Gasteiger partial charge in [-0.1, -0.05) is 0 Å². The summed E-state index contributed by atoms with van der Waals surface area (Å²) < 4.78 is 0. The number of aryl methyl sites for hydroxylation is 1. The summed E-state index contributed by atoms with van der Waals surface area (Å²) in [6.07, 6.45) is 6.60. The van der Waals surface area contributed by atoms with Gasteiger partial charge in [0.25, 0.3) is 0 Å². The van der Waals surface area contributed by atoms with Gasteiger partial charge in [-0.2, -0.15) is 0 Å². The van der Waals surface area contributed by atoms with Gasteiger partial charge < -0.3 is 0 Å². The standard InChI is InChI=1S/C16H17N3O/c1-11-10-15(12-6-8-17-9-7-12)19-16(18-11)13-2-4-14(20)5-3-13/h6-10,13H,2-5H2,1H3. The number of carbonyl (C=O) groups is 1. The Morgan fingerprint density at radius 1 is 1.10 bits per heavy atom. The van der Waals surface area contributed by atoms with E-state index in [0.717, 1.165) is 35.6 Å². The number of pyridine rings is 1. The van der Waals surface area contributed by atoms with Crippen LogP contribution in [0.5, 0.6) is 0 Å². The van der Waals surface area contributed by atoms with Crippen molar-refractivity contribution in [2.45, 2.75) is 38.5 Å². The molecule has 0 radical (unpaired) electrons. The second kappa shape index (κ2) is 5.49. The minimum absolute atomic E-state index is 0.313. The molecule has 4 nitrogen and oxygen atoms in total. The quantitative estimate of drug-likeness (QED) is 0.839. The van der Waals surface area contributed by atoms with Gasteiger partial charge in [-0.3, -0.25) is 9.78 Å². The van der Waals surface area contributed by atoms with Crippen molar-refractivity contribution in [2.75, 3.05) is 0 Å². The van der Waals surface area contributed by atoms with Crippen LogP contribution >= 0.6 is 0 Å². The molecule has 1 aliphatic carbocycles. The molecule has 0 aliphatic heterocycles. The zero-order valence-electron chi connectivity index (χ0n) is 11.5. The van der Waals surface area contributed by atoms with Gasteiger partial charge in [0, 0.05) is 42.4 Å². The lowest BCUT2D eigenvalue weighted by molar-refractivity contribution is -0.120. The third kappa shape index (κ3) is 2.74. The largest absolute Gasteiger partial charge is 0.300 e. The first-order valence-electron chi connectivity index (χ1n) is 7.00. The van der Waals surface area contributed by atoms with Gasteiger partial charge in [-0.25, -0.2) is 9.97 Å². The van der Waals surface area contributed by atoms with Gasteiger partial charge >= 0.3 is 0 Å². The Hall–Kier alpha value is -2.10. The van der Waals surface area contributed by atoms with E-state index >= 15 is 0 Å². The molecule has 1 saturated carbocycles. The maximum Gasteiger partial charge on any atom is 0.132 e. The van der Waals surface area contributed by atoms with Crippen LogP contribution in [0.15, 0.2) is 30.6 Å². The van der Waals surface area contributed by atoms with Crippen molar-refractivity contribution in [3.05, 3.63) is 42.1 Å². The number of rotatable bonds is 2. The smallest absolute Gasteiger partial charge is 0.132 e. The lowest BCUT2D eigenvalue weighted by Gasteiger charge is -2.20. The van der Waals surface area contributed by atoms with E-state index in [1.807, 2.05) is 25.1 Å². The number of hydrogen-bond acceptors (Lipinski definition) is 4. The molecule has 1 aliphatic rings. The van der Waals surface area contributed by atoms with Gasteiger partial charge in [-0.15, -0.1) is 0 Å². The summed E-state index contributed by atoms with van der Waals surface area (Å²) >= 11 is 0. The number of Topliss-reactive ketones (excluding diaryl/α,β-unsaturated/α-hetero) is 1. The summed E-state index contributed by atoms with van der Waals surface area (Å²) in [5, 5.41) is 0. The highest BCUT2D eigenvalue weighted by Gasteiger charge is 2.23. The van der Waals surface area contributed by atoms with Crippen LogP contribution in [0.1, 0.15) is 43.1 Å². The first kappa shape index (κ1) is 12.9. The molecule has 0 atom stereocenters. The van der Waals surface area contributed by atoms with E-state index in [0.29, 0.717) is 24.5 Å². The molecule has 0 bridgehead atoms. The summed E-state index contributed by atoms with van der Waals surface area (Å²) in [5.74, 6) is 1.56. The first-order valence-corrected chi connectivity index (χ1v) is 7.00. The number of nitrogens with zero attached hydrogens (tertiary/aromatic N) is 3. The number of hydrogen-bond donors (Lipinski definition) is 0. The molecule has 3 rings (SSSR count). The molecule has 2 heterocycles. The summed E-state index contributed by atoms with van der Waals surface area (Å²) in [4.78, 5) is 24.7. The molecular weight excluding hydrogens is 250 g/mol. The normalized spacial score (nSPS) is 16.4. The van der Waals surface area contributed by atoms with Crippen molar-refractivity contribution < 1.29 is 4.79 Å². The number of carbonyl (C=O) groups excluding carboxylic acids is 1. The Balaban J connectivity index is 1.93. The van der Waals surface area contributed by atoms with E-state index < -0.39 is 0 Å². The van der Waals surface area contributed by atoms with Gasteiger partial charge in [0.2, 0.25) is 0 Å². The van der Waals surface area contributed by atoms with Crippen LogP contribution in [-0.2, 0) is 4.79 Å². The van der Waals surface area contributed by atoms with Gasteiger partial charge in [0.1, 0.15) is 11.6 Å². The zero-order valence-corrected chi connectivity index (χ0v) is 11.5. The molecule has 0 amide bonds. The summed E-state index contributed by atoms with van der Waals surface area (Å²) in [7, 11) is 0. The topological polar surface area (TPSA) is 55.7 Å². The average molecular weight is 267 g/mol. The molecule has 102 valence electrons. The minimum Gasteiger partial charge on any atom is -0.300 e. The fourth-order valence-electron chi connectivity index (χ4n) is 2.64. The Labute approximate surface area is 118 Å². The van der Waals surface area contributed by atoms with Crippen LogP contribution < -0.4 is 0 Å². The lowest BCUT2D eigenvalue weighted by atomic mass is 9.87. The van der Waals surface area contributed by atoms with Crippen molar-refractivity contribution in [1.82, 2.24) is 15.0 Å². The molecule has 0 spiro atoms. The maximum absolute atomic E-state index is 11.3. The zero-order chi connectivity index (χ0) is 13.9. The van der Waals surface area contributed by atoms with Crippen molar-refractivity contribution in [2.24, 2.45) is 0 Å². The molecule has 0 saturated heterocycles. The Morgan fingerprint density at radius 2 is 1.80 bits per heavy atom. The average Bonchev–Trinajstić information content (AvgIpc) is 2.48. The molecule has 20 heavy (non-hydrogen) atoms. The third-order valence-electron chi connectivity index (χ3n) is 3.76. The SMILES string of the molecule is Cc1cc(-c2ccncc2)nc(C2CCC(=O)CC2)n1. The van der Waals surface area contributed by atoms with E-state index in [9.17, 15) is 4.79 Å². The summed E-state index contributed by atoms with van der Waals surface area (Å²) in [6, 6.07) is 5.90. The van der Waals surface area contributed by atoms with E-state index in [-0.39, 0.29) is 0 Å². The Morgan fingerprint density at radius 3 is 2.50 bits per heavy atom. The first-order chi connectivity index (χ1) is 9.72. The molecule has 1 fully saturated rings. The fourth-order valence-corrected chi connectivity index (χ4v) is 2.64. The Kier molecular flexibility index (Phi) is 3.54. The van der Waals surface area contributed by atoms with Crippen LogP contribution in [0.25, 0.3) is 11.3 Å². The fraction of sp³-hybridized carbons (Fsp3) is 0.375. The van der Waals surface area contributed by atoms with E-state index in [1.54, 1.807) is 12.4 Å². The summed E-state index contributed by atoms with van der Waals surface area (Å²) in [5.41, 5.74) is 2.96. The molecule has 0 aromatic carbocycles. The molecule has 0 unspecified atom stereocenters. The van der Waals surface area contributed by atoms with E-state index in [2.05, 4.69) is 9.97 Å².